The Hall–Kier alpha value is -1.00. The smallest absolute Gasteiger partial charge is 0.315 e. The molecule has 4 heteroatoms. The van der Waals surface area contributed by atoms with Crippen molar-refractivity contribution in [3.63, 3.8) is 0 Å². The van der Waals surface area contributed by atoms with E-state index < -0.39 is 17.1 Å². The molecule has 0 saturated heterocycles. The van der Waals surface area contributed by atoms with Crippen LogP contribution in [0.3, 0.4) is 0 Å². The van der Waals surface area contributed by atoms with Crippen LogP contribution in [0.5, 0.6) is 0 Å². The van der Waals surface area contributed by atoms with E-state index in [1.165, 1.54) is 0 Å². The fraction of sp³-hybridized carbons (Fsp3) is 0.650. The van der Waals surface area contributed by atoms with E-state index in [0.717, 1.165) is 24.2 Å². The van der Waals surface area contributed by atoms with Gasteiger partial charge in [0, 0.05) is 10.6 Å². The molecular formula is C20H32O3S. The fourth-order valence-electron chi connectivity index (χ4n) is 2.34. The minimum absolute atomic E-state index is 0.317. The van der Waals surface area contributed by atoms with E-state index in [1.54, 1.807) is 11.8 Å². The van der Waals surface area contributed by atoms with Crippen molar-refractivity contribution < 1.29 is 14.6 Å². The van der Waals surface area contributed by atoms with Gasteiger partial charge in [-0.15, -0.1) is 11.8 Å². The minimum Gasteiger partial charge on any atom is -0.459 e. The van der Waals surface area contributed by atoms with Crippen molar-refractivity contribution in [2.75, 3.05) is 5.75 Å². The van der Waals surface area contributed by atoms with Crippen LogP contribution >= 0.6 is 11.8 Å². The van der Waals surface area contributed by atoms with E-state index in [1.807, 2.05) is 58.0 Å². The molecule has 0 spiro atoms. The second-order valence-electron chi connectivity index (χ2n) is 7.53. The van der Waals surface area contributed by atoms with Crippen LogP contribution in [0.4, 0.5) is 0 Å². The van der Waals surface area contributed by atoms with Gasteiger partial charge in [0.1, 0.15) is 11.0 Å². The lowest BCUT2D eigenvalue weighted by Gasteiger charge is -2.35. The Morgan fingerprint density at radius 1 is 1.17 bits per heavy atom. The van der Waals surface area contributed by atoms with Gasteiger partial charge in [-0.05, 0) is 46.2 Å². The predicted octanol–water partition coefficient (Wildman–Crippen LogP) is 5.07. The number of unbranched alkanes of at least 4 members (excludes halogenated alkanes) is 2. The number of ether oxygens (including phenoxy) is 1. The van der Waals surface area contributed by atoms with Gasteiger partial charge in [-0.1, -0.05) is 44.4 Å². The number of aliphatic hydroxyl groups excluding tert-OH is 1. The molecule has 0 unspecified atom stereocenters. The molecule has 0 radical (unpaired) electrons. The molecule has 0 amide bonds. The maximum Gasteiger partial charge on any atom is 0.315 e. The molecule has 2 atom stereocenters. The molecule has 0 heterocycles. The summed E-state index contributed by atoms with van der Waals surface area (Å²) < 4.78 is 5.61. The number of esters is 1. The number of aliphatic hydroxyl groups is 1. The van der Waals surface area contributed by atoms with Crippen LogP contribution in [0.25, 0.3) is 0 Å². The number of thioether (sulfide) groups is 1. The Balaban J connectivity index is 2.85. The molecule has 0 saturated carbocycles. The summed E-state index contributed by atoms with van der Waals surface area (Å²) in [5, 5.41) is 10.7. The molecule has 136 valence electrons. The topological polar surface area (TPSA) is 46.5 Å². The van der Waals surface area contributed by atoms with E-state index >= 15 is 0 Å². The van der Waals surface area contributed by atoms with Gasteiger partial charge in [-0.3, -0.25) is 4.79 Å². The molecule has 0 aliphatic rings. The van der Waals surface area contributed by atoms with Crippen molar-refractivity contribution in [2.24, 2.45) is 5.41 Å². The van der Waals surface area contributed by atoms with Gasteiger partial charge >= 0.3 is 5.97 Å². The summed E-state index contributed by atoms with van der Waals surface area (Å²) in [6.07, 6.45) is 3.00. The fourth-order valence-corrected chi connectivity index (χ4v) is 3.47. The Bertz CT molecular complexity index is 495. The predicted molar refractivity (Wildman–Crippen MR) is 101 cm³/mol. The van der Waals surface area contributed by atoms with Gasteiger partial charge in [0.15, 0.2) is 0 Å². The van der Waals surface area contributed by atoms with E-state index in [9.17, 15) is 9.90 Å². The van der Waals surface area contributed by atoms with Gasteiger partial charge in [-0.2, -0.15) is 0 Å². The van der Waals surface area contributed by atoms with Gasteiger partial charge in [0.2, 0.25) is 0 Å². The van der Waals surface area contributed by atoms with Crippen LogP contribution in [-0.4, -0.2) is 28.5 Å². The monoisotopic (exact) mass is 352 g/mol. The lowest BCUT2D eigenvalue weighted by molar-refractivity contribution is -0.171. The molecule has 3 nitrogen and oxygen atoms in total. The SMILES string of the molecule is CCCCC[C@@H](O)[C@](C)(CSc1ccccc1)C(=O)OC(C)(C)C. The lowest BCUT2D eigenvalue weighted by Crippen LogP contribution is -2.45. The summed E-state index contributed by atoms with van der Waals surface area (Å²) in [7, 11) is 0. The van der Waals surface area contributed by atoms with Crippen LogP contribution in [0.2, 0.25) is 0 Å². The highest BCUT2D eigenvalue weighted by atomic mass is 32.2. The molecule has 0 bridgehead atoms. The highest BCUT2D eigenvalue weighted by Gasteiger charge is 2.43. The molecule has 1 rings (SSSR count). The zero-order valence-corrected chi connectivity index (χ0v) is 16.5. The summed E-state index contributed by atoms with van der Waals surface area (Å²) in [5.41, 5.74) is -1.47. The number of carbonyl (C=O) groups is 1. The first kappa shape index (κ1) is 21.0. The lowest BCUT2D eigenvalue weighted by atomic mass is 9.83. The molecule has 1 N–H and O–H groups in total. The van der Waals surface area contributed by atoms with Crippen molar-refractivity contribution in [1.82, 2.24) is 0 Å². The summed E-state index contributed by atoms with van der Waals surface area (Å²) in [6.45, 7) is 9.54. The molecule has 24 heavy (non-hydrogen) atoms. The van der Waals surface area contributed by atoms with E-state index in [-0.39, 0.29) is 5.97 Å². The van der Waals surface area contributed by atoms with E-state index in [0.29, 0.717) is 12.2 Å². The molecular weight excluding hydrogens is 320 g/mol. The van der Waals surface area contributed by atoms with Gasteiger partial charge in [0.05, 0.1) is 6.10 Å². The third kappa shape index (κ3) is 6.86. The molecule has 0 aliphatic heterocycles. The normalized spacial score (nSPS) is 15.6. The van der Waals surface area contributed by atoms with Gasteiger partial charge in [-0.25, -0.2) is 0 Å². The van der Waals surface area contributed by atoms with E-state index in [2.05, 4.69) is 6.92 Å². The number of carbonyl (C=O) groups excluding carboxylic acids is 1. The van der Waals surface area contributed by atoms with Crippen molar-refractivity contribution in [1.29, 1.82) is 0 Å². The molecule has 0 aliphatic carbocycles. The van der Waals surface area contributed by atoms with Crippen molar-refractivity contribution in [3.05, 3.63) is 30.3 Å². The Morgan fingerprint density at radius 3 is 2.33 bits per heavy atom. The highest BCUT2D eigenvalue weighted by molar-refractivity contribution is 7.99. The zero-order chi connectivity index (χ0) is 18.2. The summed E-state index contributed by atoms with van der Waals surface area (Å²) in [5.74, 6) is 0.182. The van der Waals surface area contributed by atoms with Crippen LogP contribution in [0.1, 0.15) is 60.3 Å². The van der Waals surface area contributed by atoms with Crippen molar-refractivity contribution in [3.8, 4) is 0 Å². The van der Waals surface area contributed by atoms with E-state index in [4.69, 9.17) is 4.74 Å². The summed E-state index contributed by atoms with van der Waals surface area (Å²) >= 11 is 1.59. The molecule has 1 aromatic rings. The first-order valence-corrected chi connectivity index (χ1v) is 9.77. The maximum atomic E-state index is 12.8. The number of hydrogen-bond acceptors (Lipinski definition) is 4. The average molecular weight is 353 g/mol. The van der Waals surface area contributed by atoms with Crippen LogP contribution in [0.15, 0.2) is 35.2 Å². The average Bonchev–Trinajstić information content (AvgIpc) is 2.52. The van der Waals surface area contributed by atoms with Crippen molar-refractivity contribution in [2.45, 2.75) is 76.9 Å². The summed E-state index contributed by atoms with van der Waals surface area (Å²) in [4.78, 5) is 13.9. The number of rotatable bonds is 9. The quantitative estimate of drug-likeness (QED) is 0.383. The largest absolute Gasteiger partial charge is 0.459 e. The van der Waals surface area contributed by atoms with Crippen LogP contribution < -0.4 is 0 Å². The molecule has 0 aromatic heterocycles. The minimum atomic E-state index is -0.915. The van der Waals surface area contributed by atoms with Crippen LogP contribution in [0, 0.1) is 5.41 Å². The Labute approximate surface area is 151 Å². The Morgan fingerprint density at radius 2 is 1.79 bits per heavy atom. The third-order valence-corrected chi connectivity index (χ3v) is 5.31. The maximum absolute atomic E-state index is 12.8. The zero-order valence-electron chi connectivity index (χ0n) is 15.7. The standard InChI is InChI=1S/C20H32O3S/c1-6-7-9-14-17(21)20(5,18(22)23-19(2,3)4)15-24-16-12-10-8-11-13-16/h8,10-13,17,21H,6-7,9,14-15H2,1-5H3/t17-,20+/m1/s1. The Kier molecular flexibility index (Phi) is 8.31. The number of benzene rings is 1. The molecule has 0 fully saturated rings. The highest BCUT2D eigenvalue weighted by Crippen LogP contribution is 2.35. The number of hydrogen-bond donors (Lipinski definition) is 1. The van der Waals surface area contributed by atoms with Gasteiger partial charge in [0.25, 0.3) is 0 Å². The van der Waals surface area contributed by atoms with Crippen molar-refractivity contribution >= 4 is 17.7 Å². The third-order valence-electron chi connectivity index (χ3n) is 3.96. The second kappa shape index (κ2) is 9.47. The van der Waals surface area contributed by atoms with Gasteiger partial charge < -0.3 is 9.84 Å². The van der Waals surface area contributed by atoms with Crippen LogP contribution in [-0.2, 0) is 9.53 Å². The first-order chi connectivity index (χ1) is 11.2. The second-order valence-corrected chi connectivity index (χ2v) is 8.58. The molecule has 1 aromatic carbocycles. The first-order valence-electron chi connectivity index (χ1n) is 8.78. The summed E-state index contributed by atoms with van der Waals surface area (Å²) in [6, 6.07) is 9.96.